The predicted molar refractivity (Wildman–Crippen MR) is 225 cm³/mol. The van der Waals surface area contributed by atoms with E-state index in [4.69, 9.17) is 14.2 Å². The SMILES string of the molecule is C[C@@H]1[C@H](CSc2nnnn2-c2ccc(O)cc2)O[C@H](c2ccc(-c3ccccc3CNC(=O)Nc3ccc(Oc4ccccc4)cc3)cc2)O[C@@H]1c1ccc(CO)cc1. The van der Waals surface area contributed by atoms with E-state index in [1.807, 2.05) is 115 Å². The van der Waals surface area contributed by atoms with E-state index in [0.29, 0.717) is 28.9 Å². The molecule has 4 atom stereocenters. The number of urea groups is 1. The molecule has 1 fully saturated rings. The highest BCUT2D eigenvalue weighted by Crippen LogP contribution is 2.43. The molecule has 0 saturated carbocycles. The number of nitrogens with zero attached hydrogens (tertiary/aromatic N) is 4. The van der Waals surface area contributed by atoms with Crippen LogP contribution in [-0.2, 0) is 22.6 Å². The minimum Gasteiger partial charge on any atom is -0.508 e. The summed E-state index contributed by atoms with van der Waals surface area (Å²) in [4.78, 5) is 12.9. The third-order valence-corrected chi connectivity index (χ3v) is 11.1. The maximum atomic E-state index is 12.9. The minimum absolute atomic E-state index is 0.0403. The maximum Gasteiger partial charge on any atom is 0.319 e. The quantitative estimate of drug-likeness (QED) is 0.0830. The van der Waals surface area contributed by atoms with Crippen LogP contribution in [0.5, 0.6) is 17.2 Å². The Morgan fingerprint density at radius 3 is 2.24 bits per heavy atom. The van der Waals surface area contributed by atoms with Crippen molar-refractivity contribution in [1.29, 1.82) is 0 Å². The largest absolute Gasteiger partial charge is 0.508 e. The number of carbonyl (C=O) groups is 1. The van der Waals surface area contributed by atoms with Crippen LogP contribution in [0.2, 0.25) is 0 Å². The smallest absolute Gasteiger partial charge is 0.319 e. The minimum atomic E-state index is -0.666. The summed E-state index contributed by atoms with van der Waals surface area (Å²) in [6, 6.07) is 47.0. The number of hydrogen-bond donors (Lipinski definition) is 4. The van der Waals surface area contributed by atoms with Crippen molar-refractivity contribution < 1.29 is 29.2 Å². The molecule has 0 unspecified atom stereocenters. The number of aliphatic hydroxyl groups excluding tert-OH is 1. The Hall–Kier alpha value is -6.51. The van der Waals surface area contributed by atoms with E-state index >= 15 is 0 Å². The zero-order valence-corrected chi connectivity index (χ0v) is 32.9. The molecule has 0 spiro atoms. The Kier molecular flexibility index (Phi) is 12.3. The Bertz CT molecular complexity index is 2450. The van der Waals surface area contributed by atoms with Crippen LogP contribution in [0.3, 0.4) is 0 Å². The average Bonchev–Trinajstić information content (AvgIpc) is 3.75. The fourth-order valence-electron chi connectivity index (χ4n) is 6.85. The lowest BCUT2D eigenvalue weighted by Crippen LogP contribution is -2.38. The lowest BCUT2D eigenvalue weighted by atomic mass is 9.91. The summed E-state index contributed by atoms with van der Waals surface area (Å²) in [7, 11) is 0. The number of phenolic OH excluding ortho intramolecular Hbond substituents is 1. The number of amides is 2. The number of ether oxygens (including phenoxy) is 3. The van der Waals surface area contributed by atoms with Gasteiger partial charge in [-0.25, -0.2) is 4.79 Å². The Labute approximate surface area is 345 Å². The molecule has 0 aliphatic carbocycles. The van der Waals surface area contributed by atoms with E-state index in [-0.39, 0.29) is 36.5 Å². The first-order chi connectivity index (χ1) is 28.9. The number of aromatic nitrogens is 4. The van der Waals surface area contributed by atoms with Crippen LogP contribution in [0.1, 0.15) is 41.6 Å². The molecule has 59 heavy (non-hydrogen) atoms. The number of tetrazole rings is 1. The summed E-state index contributed by atoms with van der Waals surface area (Å²) in [5.41, 5.74) is 6.97. The lowest BCUT2D eigenvalue weighted by molar-refractivity contribution is -0.268. The van der Waals surface area contributed by atoms with Crippen LogP contribution in [-0.4, -0.2) is 48.3 Å². The van der Waals surface area contributed by atoms with Crippen molar-refractivity contribution in [3.63, 3.8) is 0 Å². The monoisotopic (exact) mass is 806 g/mol. The fraction of sp³-hybridized carbons (Fsp3) is 0.174. The molecule has 1 aliphatic heterocycles. The van der Waals surface area contributed by atoms with Gasteiger partial charge in [-0.1, -0.05) is 110 Å². The normalized spacial score (nSPS) is 17.6. The second kappa shape index (κ2) is 18.4. The van der Waals surface area contributed by atoms with Gasteiger partial charge in [-0.2, -0.15) is 4.68 Å². The highest BCUT2D eigenvalue weighted by Gasteiger charge is 2.38. The number of aliphatic hydroxyl groups is 1. The van der Waals surface area contributed by atoms with Crippen molar-refractivity contribution in [1.82, 2.24) is 25.5 Å². The number of nitrogens with one attached hydrogen (secondary N) is 2. The molecule has 298 valence electrons. The van der Waals surface area contributed by atoms with Gasteiger partial charge in [0.1, 0.15) is 17.2 Å². The molecule has 1 aromatic heterocycles. The molecule has 2 amide bonds. The van der Waals surface area contributed by atoms with Gasteiger partial charge in [0.15, 0.2) is 6.29 Å². The number of anilines is 1. The Morgan fingerprint density at radius 1 is 0.797 bits per heavy atom. The van der Waals surface area contributed by atoms with Crippen molar-refractivity contribution in [3.8, 4) is 34.1 Å². The number of rotatable bonds is 13. The number of phenols is 1. The molecule has 1 saturated heterocycles. The van der Waals surface area contributed by atoms with Gasteiger partial charge in [-0.15, -0.1) is 5.10 Å². The highest BCUT2D eigenvalue weighted by atomic mass is 32.2. The first-order valence-electron chi connectivity index (χ1n) is 19.2. The lowest BCUT2D eigenvalue weighted by Gasteiger charge is -2.41. The van der Waals surface area contributed by atoms with Crippen molar-refractivity contribution in [2.45, 2.75) is 43.7 Å². The zero-order valence-electron chi connectivity index (χ0n) is 32.1. The van der Waals surface area contributed by atoms with E-state index in [9.17, 15) is 15.0 Å². The van der Waals surface area contributed by atoms with Gasteiger partial charge in [0.2, 0.25) is 5.16 Å². The van der Waals surface area contributed by atoms with Gasteiger partial charge in [0.05, 0.1) is 24.5 Å². The number of benzene rings is 6. The number of para-hydroxylation sites is 1. The van der Waals surface area contributed by atoms with Crippen LogP contribution in [0.4, 0.5) is 10.5 Å². The van der Waals surface area contributed by atoms with Gasteiger partial charge < -0.3 is 35.1 Å². The molecule has 6 aromatic carbocycles. The van der Waals surface area contributed by atoms with Crippen LogP contribution in [0.15, 0.2) is 157 Å². The van der Waals surface area contributed by atoms with Crippen molar-refractivity contribution >= 4 is 23.5 Å². The Morgan fingerprint density at radius 2 is 1.49 bits per heavy atom. The van der Waals surface area contributed by atoms with Crippen LogP contribution >= 0.6 is 11.8 Å². The molecule has 2 heterocycles. The standard InChI is InChI=1S/C46H42N6O6S/c1-30-42(29-59-46-49-50-51-52(46)37-21-23-38(54)24-22-37)57-44(58-43(30)33-13-11-31(28-53)12-14-33)34-17-15-32(16-18-34)41-10-6-5-7-35(41)27-47-45(55)48-36-19-25-40(26-20-36)56-39-8-3-2-4-9-39/h2-26,30,42-44,53-54H,27-29H2,1H3,(H2,47,48,55)/t30-,42+,43+,44+/m1/s1. The number of hydrogen-bond acceptors (Lipinski definition) is 10. The molecule has 0 bridgehead atoms. The first kappa shape index (κ1) is 39.3. The Balaban J connectivity index is 0.946. The summed E-state index contributed by atoms with van der Waals surface area (Å²) in [5.74, 6) is 2.08. The highest BCUT2D eigenvalue weighted by molar-refractivity contribution is 7.99. The van der Waals surface area contributed by atoms with Crippen molar-refractivity contribution in [2.24, 2.45) is 5.92 Å². The molecule has 4 N–H and O–H groups in total. The van der Waals surface area contributed by atoms with E-state index in [1.54, 1.807) is 41.1 Å². The zero-order chi connectivity index (χ0) is 40.6. The maximum absolute atomic E-state index is 12.9. The van der Waals surface area contributed by atoms with Crippen molar-refractivity contribution in [3.05, 3.63) is 174 Å². The van der Waals surface area contributed by atoms with E-state index in [0.717, 1.165) is 44.8 Å². The molecule has 12 nitrogen and oxygen atoms in total. The van der Waals surface area contributed by atoms with Crippen molar-refractivity contribution in [2.75, 3.05) is 11.1 Å². The van der Waals surface area contributed by atoms with Gasteiger partial charge in [0.25, 0.3) is 0 Å². The molecule has 7 aromatic rings. The number of carbonyl (C=O) groups excluding carboxylic acids is 1. The summed E-state index contributed by atoms with van der Waals surface area (Å²) in [5, 5.41) is 38.2. The summed E-state index contributed by atoms with van der Waals surface area (Å²) in [6.45, 7) is 2.39. The summed E-state index contributed by atoms with van der Waals surface area (Å²) < 4.78 is 20.9. The summed E-state index contributed by atoms with van der Waals surface area (Å²) in [6.07, 6.45) is -1.20. The molecule has 13 heteroatoms. The first-order valence-corrected chi connectivity index (χ1v) is 20.2. The van der Waals surface area contributed by atoms with Gasteiger partial charge in [-0.3, -0.25) is 0 Å². The number of thioether (sulfide) groups is 1. The number of aromatic hydroxyl groups is 1. The molecular formula is C46H42N6O6S. The molecule has 0 radical (unpaired) electrons. The van der Waals surface area contributed by atoms with E-state index in [1.165, 1.54) is 11.8 Å². The van der Waals surface area contributed by atoms with E-state index in [2.05, 4.69) is 33.1 Å². The van der Waals surface area contributed by atoms with Gasteiger partial charge >= 0.3 is 6.03 Å². The van der Waals surface area contributed by atoms with Gasteiger partial charge in [0, 0.05) is 29.5 Å². The second-order valence-corrected chi connectivity index (χ2v) is 15.0. The predicted octanol–water partition coefficient (Wildman–Crippen LogP) is 9.22. The topological polar surface area (TPSA) is 153 Å². The van der Waals surface area contributed by atoms with Crippen LogP contribution < -0.4 is 15.4 Å². The third kappa shape index (κ3) is 9.62. The third-order valence-electron chi connectivity index (χ3n) is 10.1. The second-order valence-electron chi connectivity index (χ2n) is 14.0. The van der Waals surface area contributed by atoms with E-state index < -0.39 is 6.29 Å². The average molecular weight is 807 g/mol. The molecule has 1 aliphatic rings. The summed E-state index contributed by atoms with van der Waals surface area (Å²) >= 11 is 1.48. The van der Waals surface area contributed by atoms with Crippen LogP contribution in [0, 0.1) is 5.92 Å². The van der Waals surface area contributed by atoms with Crippen LogP contribution in [0.25, 0.3) is 16.8 Å². The fourth-order valence-corrected chi connectivity index (χ4v) is 7.90. The molecule has 8 rings (SSSR count). The molecular weight excluding hydrogens is 765 g/mol. The van der Waals surface area contributed by atoms with Gasteiger partial charge in [-0.05, 0) is 98.9 Å².